The van der Waals surface area contributed by atoms with Crippen LogP contribution in [0.1, 0.15) is 16.1 Å². The summed E-state index contributed by atoms with van der Waals surface area (Å²) in [6.45, 7) is 0. The van der Waals surface area contributed by atoms with Gasteiger partial charge >= 0.3 is 6.18 Å². The van der Waals surface area contributed by atoms with E-state index >= 15 is 0 Å². The summed E-state index contributed by atoms with van der Waals surface area (Å²) in [5.74, 6) is -0.312. The molecule has 0 spiro atoms. The molecule has 0 fully saturated rings. The number of fused-ring (bicyclic) bond motifs is 1. The van der Waals surface area contributed by atoms with Gasteiger partial charge in [0.1, 0.15) is 0 Å². The van der Waals surface area contributed by atoms with Crippen LogP contribution in [0.4, 0.5) is 18.9 Å². The normalized spacial score (nSPS) is 11.6. The largest absolute Gasteiger partial charge is 0.435 e. The molecule has 3 aromatic carbocycles. The Labute approximate surface area is 190 Å². The Morgan fingerprint density at radius 2 is 1.67 bits per heavy atom. The smallest absolute Gasteiger partial charge is 0.321 e. The molecule has 1 amide bonds. The van der Waals surface area contributed by atoms with Crippen LogP contribution in [0.3, 0.4) is 0 Å². The maximum atomic E-state index is 13.3. The standard InChI is InChI=1S/C25H16F3N3OS/c26-25(27,28)23-15-21(22-9-4-14-33-22)31(30-23)18-12-10-17(11-13-18)24(32)29-20-8-3-6-16-5-1-2-7-19(16)20/h1-15H,(H,29,32). The minimum Gasteiger partial charge on any atom is -0.321 e. The van der Waals surface area contributed by atoms with Crippen LogP contribution in [0.25, 0.3) is 27.0 Å². The highest BCUT2D eigenvalue weighted by atomic mass is 32.1. The summed E-state index contributed by atoms with van der Waals surface area (Å²) >= 11 is 1.33. The molecule has 4 nitrogen and oxygen atoms in total. The molecule has 0 aliphatic carbocycles. The average Bonchev–Trinajstić information content (AvgIpc) is 3.49. The Hall–Kier alpha value is -3.91. The van der Waals surface area contributed by atoms with Crippen molar-refractivity contribution in [3.8, 4) is 16.3 Å². The summed E-state index contributed by atoms with van der Waals surface area (Å²) < 4.78 is 41.2. The van der Waals surface area contributed by atoms with Crippen LogP contribution in [0.2, 0.25) is 0 Å². The fourth-order valence-corrected chi connectivity index (χ4v) is 4.33. The number of hydrogen-bond donors (Lipinski definition) is 1. The first kappa shape index (κ1) is 21.0. The molecular weight excluding hydrogens is 447 g/mol. The van der Waals surface area contributed by atoms with Crippen molar-refractivity contribution in [3.63, 3.8) is 0 Å². The Morgan fingerprint density at radius 3 is 2.39 bits per heavy atom. The molecule has 0 atom stereocenters. The quantitative estimate of drug-likeness (QED) is 0.311. The van der Waals surface area contributed by atoms with Crippen molar-refractivity contribution in [1.82, 2.24) is 9.78 Å². The molecule has 0 unspecified atom stereocenters. The monoisotopic (exact) mass is 463 g/mol. The second-order valence-corrected chi connectivity index (χ2v) is 8.28. The second kappa shape index (κ2) is 8.22. The van der Waals surface area contributed by atoms with Crippen molar-refractivity contribution in [2.24, 2.45) is 0 Å². The number of hydrogen-bond acceptors (Lipinski definition) is 3. The molecule has 5 aromatic rings. The summed E-state index contributed by atoms with van der Waals surface area (Å²) in [6, 6.07) is 24.2. The predicted molar refractivity (Wildman–Crippen MR) is 124 cm³/mol. The zero-order valence-electron chi connectivity index (χ0n) is 17.0. The molecule has 0 aliphatic rings. The molecule has 0 aliphatic heterocycles. The third-order valence-corrected chi connectivity index (χ3v) is 6.08. The number of anilines is 1. The van der Waals surface area contributed by atoms with Gasteiger partial charge in [0.25, 0.3) is 5.91 Å². The number of nitrogens with one attached hydrogen (secondary N) is 1. The van der Waals surface area contributed by atoms with E-state index in [1.54, 1.807) is 41.8 Å². The summed E-state index contributed by atoms with van der Waals surface area (Å²) in [5.41, 5.74) is 0.862. The molecule has 2 heterocycles. The third kappa shape index (κ3) is 4.12. The highest BCUT2D eigenvalue weighted by Crippen LogP contribution is 2.34. The lowest BCUT2D eigenvalue weighted by atomic mass is 10.1. The fraction of sp³-hybridized carbons (Fsp3) is 0.0400. The first-order valence-electron chi connectivity index (χ1n) is 10.0. The molecule has 5 rings (SSSR count). The first-order chi connectivity index (χ1) is 15.9. The number of nitrogens with zero attached hydrogens (tertiary/aromatic N) is 2. The van der Waals surface area contributed by atoms with Crippen LogP contribution >= 0.6 is 11.3 Å². The van der Waals surface area contributed by atoms with Crippen molar-refractivity contribution in [2.75, 3.05) is 5.32 Å². The van der Waals surface area contributed by atoms with E-state index in [4.69, 9.17) is 0 Å². The molecule has 0 radical (unpaired) electrons. The van der Waals surface area contributed by atoms with Gasteiger partial charge in [-0.2, -0.15) is 18.3 Å². The number of thiophene rings is 1. The van der Waals surface area contributed by atoms with Gasteiger partial charge in [0.05, 0.1) is 16.3 Å². The van der Waals surface area contributed by atoms with Gasteiger partial charge < -0.3 is 5.32 Å². The van der Waals surface area contributed by atoms with Crippen LogP contribution in [-0.2, 0) is 6.18 Å². The second-order valence-electron chi connectivity index (χ2n) is 7.33. The molecule has 8 heteroatoms. The Morgan fingerprint density at radius 1 is 0.909 bits per heavy atom. The van der Waals surface area contributed by atoms with Crippen molar-refractivity contribution in [3.05, 3.63) is 102 Å². The minimum atomic E-state index is -4.56. The van der Waals surface area contributed by atoms with E-state index in [9.17, 15) is 18.0 Å². The van der Waals surface area contributed by atoms with Gasteiger partial charge in [-0.15, -0.1) is 11.3 Å². The summed E-state index contributed by atoms with van der Waals surface area (Å²) in [5, 5.41) is 10.4. The van der Waals surface area contributed by atoms with Crippen LogP contribution in [0.15, 0.2) is 90.3 Å². The van der Waals surface area contributed by atoms with E-state index in [0.717, 1.165) is 16.8 Å². The van der Waals surface area contributed by atoms with Gasteiger partial charge in [-0.1, -0.05) is 42.5 Å². The fourth-order valence-electron chi connectivity index (χ4n) is 3.60. The van der Waals surface area contributed by atoms with Gasteiger partial charge in [-0.3, -0.25) is 4.79 Å². The van der Waals surface area contributed by atoms with Gasteiger partial charge in [-0.05, 0) is 53.2 Å². The van der Waals surface area contributed by atoms with E-state index in [1.165, 1.54) is 16.0 Å². The first-order valence-corrected chi connectivity index (χ1v) is 10.9. The number of amides is 1. The molecule has 0 saturated heterocycles. The maximum Gasteiger partial charge on any atom is 0.435 e. The Bertz CT molecular complexity index is 1430. The number of rotatable bonds is 4. The molecule has 164 valence electrons. The lowest BCUT2D eigenvalue weighted by Crippen LogP contribution is -2.12. The van der Waals surface area contributed by atoms with Crippen molar-refractivity contribution < 1.29 is 18.0 Å². The van der Waals surface area contributed by atoms with E-state index in [1.807, 2.05) is 42.5 Å². The van der Waals surface area contributed by atoms with E-state index in [0.29, 0.717) is 27.5 Å². The number of benzene rings is 3. The summed E-state index contributed by atoms with van der Waals surface area (Å²) in [7, 11) is 0. The highest BCUT2D eigenvalue weighted by Gasteiger charge is 2.35. The topological polar surface area (TPSA) is 46.9 Å². The van der Waals surface area contributed by atoms with Gasteiger partial charge in [0.15, 0.2) is 5.69 Å². The molecular formula is C25H16F3N3OS. The number of carbonyl (C=O) groups excluding carboxylic acids is 1. The van der Waals surface area contributed by atoms with Crippen molar-refractivity contribution in [1.29, 1.82) is 0 Å². The van der Waals surface area contributed by atoms with E-state index in [2.05, 4.69) is 10.4 Å². The number of carbonyl (C=O) groups is 1. The number of halogens is 3. The summed E-state index contributed by atoms with van der Waals surface area (Å²) in [6.07, 6.45) is -4.56. The van der Waals surface area contributed by atoms with Gasteiger partial charge in [0.2, 0.25) is 0 Å². The summed E-state index contributed by atoms with van der Waals surface area (Å²) in [4.78, 5) is 13.5. The van der Waals surface area contributed by atoms with E-state index in [-0.39, 0.29) is 5.91 Å². The van der Waals surface area contributed by atoms with Crippen molar-refractivity contribution in [2.45, 2.75) is 6.18 Å². The number of aromatic nitrogens is 2. The van der Waals surface area contributed by atoms with Crippen LogP contribution in [-0.4, -0.2) is 15.7 Å². The van der Waals surface area contributed by atoms with Crippen molar-refractivity contribution >= 4 is 33.7 Å². The van der Waals surface area contributed by atoms with Crippen LogP contribution < -0.4 is 5.32 Å². The van der Waals surface area contributed by atoms with Gasteiger partial charge in [0, 0.05) is 16.6 Å². The molecule has 1 N–H and O–H groups in total. The zero-order chi connectivity index (χ0) is 23.0. The zero-order valence-corrected chi connectivity index (χ0v) is 17.8. The molecule has 0 bridgehead atoms. The lowest BCUT2D eigenvalue weighted by Gasteiger charge is -2.10. The van der Waals surface area contributed by atoms with Crippen LogP contribution in [0.5, 0.6) is 0 Å². The van der Waals surface area contributed by atoms with Gasteiger partial charge in [-0.25, -0.2) is 4.68 Å². The minimum absolute atomic E-state index is 0.312. The highest BCUT2D eigenvalue weighted by molar-refractivity contribution is 7.13. The Kier molecular flexibility index (Phi) is 5.22. The third-order valence-electron chi connectivity index (χ3n) is 5.19. The maximum absolute atomic E-state index is 13.3. The lowest BCUT2D eigenvalue weighted by molar-refractivity contribution is -0.141. The van der Waals surface area contributed by atoms with Crippen LogP contribution in [0, 0.1) is 0 Å². The Balaban J connectivity index is 1.45. The number of alkyl halides is 3. The van der Waals surface area contributed by atoms with E-state index < -0.39 is 11.9 Å². The average molecular weight is 463 g/mol. The predicted octanol–water partition coefficient (Wildman–Crippen LogP) is 7.03. The molecule has 33 heavy (non-hydrogen) atoms. The molecule has 0 saturated carbocycles. The SMILES string of the molecule is O=C(Nc1cccc2ccccc12)c1ccc(-n2nc(C(F)(F)F)cc2-c2cccs2)cc1. The molecule has 2 aromatic heterocycles.